The summed E-state index contributed by atoms with van der Waals surface area (Å²) < 4.78 is 12.8. The molecule has 1 N–H and O–H groups in total. The average molecular weight is 278 g/mol. The molecule has 0 aliphatic carbocycles. The molecule has 1 saturated heterocycles. The number of rotatable bonds is 3. The first-order chi connectivity index (χ1) is 9.60. The number of carbonyl (C=O) groups is 2. The standard InChI is InChI=1S/C15H19FN2O2/c1-2-14(19)18-9-7-13(8-10-18)17-15(20)11-3-5-12(16)6-4-11/h3-6,13H,2,7-10H2,1H3,(H,17,20). The van der Waals surface area contributed by atoms with E-state index in [-0.39, 0.29) is 23.7 Å². The van der Waals surface area contributed by atoms with Gasteiger partial charge in [0.25, 0.3) is 5.91 Å². The zero-order chi connectivity index (χ0) is 14.5. The lowest BCUT2D eigenvalue weighted by atomic mass is 10.0. The largest absolute Gasteiger partial charge is 0.349 e. The molecule has 0 atom stereocenters. The molecule has 1 heterocycles. The minimum Gasteiger partial charge on any atom is -0.349 e. The van der Waals surface area contributed by atoms with Gasteiger partial charge >= 0.3 is 0 Å². The second-order valence-electron chi connectivity index (χ2n) is 4.99. The number of piperidine rings is 1. The van der Waals surface area contributed by atoms with Gasteiger partial charge in [-0.2, -0.15) is 0 Å². The van der Waals surface area contributed by atoms with Crippen LogP contribution in [0.4, 0.5) is 4.39 Å². The fourth-order valence-electron chi connectivity index (χ4n) is 2.37. The Labute approximate surface area is 118 Å². The molecule has 1 aromatic carbocycles. The number of hydrogen-bond acceptors (Lipinski definition) is 2. The molecule has 1 fully saturated rings. The molecule has 1 aliphatic rings. The summed E-state index contributed by atoms with van der Waals surface area (Å²) in [5.41, 5.74) is 0.457. The lowest BCUT2D eigenvalue weighted by Gasteiger charge is -2.32. The quantitative estimate of drug-likeness (QED) is 0.919. The maximum Gasteiger partial charge on any atom is 0.251 e. The van der Waals surface area contributed by atoms with Gasteiger partial charge in [0.1, 0.15) is 5.82 Å². The zero-order valence-electron chi connectivity index (χ0n) is 11.6. The number of halogens is 1. The van der Waals surface area contributed by atoms with Crippen molar-refractivity contribution in [3.8, 4) is 0 Å². The highest BCUT2D eigenvalue weighted by atomic mass is 19.1. The molecule has 1 aliphatic heterocycles. The number of benzene rings is 1. The third-order valence-corrected chi connectivity index (χ3v) is 3.59. The molecule has 0 saturated carbocycles. The molecule has 1 aromatic rings. The number of amides is 2. The molecule has 5 heteroatoms. The van der Waals surface area contributed by atoms with Gasteiger partial charge in [-0.05, 0) is 37.1 Å². The van der Waals surface area contributed by atoms with E-state index in [1.807, 2.05) is 11.8 Å². The summed E-state index contributed by atoms with van der Waals surface area (Å²) in [7, 11) is 0. The Balaban J connectivity index is 1.85. The predicted octanol–water partition coefficient (Wildman–Crippen LogP) is 1.96. The van der Waals surface area contributed by atoms with Crippen LogP contribution in [0.25, 0.3) is 0 Å². The lowest BCUT2D eigenvalue weighted by molar-refractivity contribution is -0.131. The van der Waals surface area contributed by atoms with Gasteiger partial charge in [-0.1, -0.05) is 6.92 Å². The molecule has 108 valence electrons. The topological polar surface area (TPSA) is 49.4 Å². The highest BCUT2D eigenvalue weighted by molar-refractivity contribution is 5.94. The van der Waals surface area contributed by atoms with Gasteiger partial charge < -0.3 is 10.2 Å². The predicted molar refractivity (Wildman–Crippen MR) is 73.8 cm³/mol. The van der Waals surface area contributed by atoms with Gasteiger partial charge in [-0.25, -0.2) is 4.39 Å². The number of hydrogen-bond donors (Lipinski definition) is 1. The van der Waals surface area contributed by atoms with Gasteiger partial charge in [0, 0.05) is 31.1 Å². The molecular formula is C15H19FN2O2. The third-order valence-electron chi connectivity index (χ3n) is 3.59. The number of nitrogens with one attached hydrogen (secondary N) is 1. The van der Waals surface area contributed by atoms with Crippen LogP contribution in [0.2, 0.25) is 0 Å². The maximum absolute atomic E-state index is 12.8. The van der Waals surface area contributed by atoms with Crippen LogP contribution >= 0.6 is 0 Å². The van der Waals surface area contributed by atoms with Gasteiger partial charge in [0.05, 0.1) is 0 Å². The lowest BCUT2D eigenvalue weighted by Crippen LogP contribution is -2.46. The molecule has 0 unspecified atom stereocenters. The van der Waals surface area contributed by atoms with Crippen LogP contribution in [-0.2, 0) is 4.79 Å². The van der Waals surface area contributed by atoms with E-state index in [0.29, 0.717) is 25.1 Å². The summed E-state index contributed by atoms with van der Waals surface area (Å²) in [5, 5.41) is 2.93. The summed E-state index contributed by atoms with van der Waals surface area (Å²) in [6.07, 6.45) is 2.05. The van der Waals surface area contributed by atoms with Crippen molar-refractivity contribution in [3.05, 3.63) is 35.6 Å². The van der Waals surface area contributed by atoms with Gasteiger partial charge in [-0.3, -0.25) is 9.59 Å². The van der Waals surface area contributed by atoms with Crippen molar-refractivity contribution in [2.75, 3.05) is 13.1 Å². The van der Waals surface area contributed by atoms with Crippen molar-refractivity contribution in [3.63, 3.8) is 0 Å². The Morgan fingerprint density at radius 2 is 1.85 bits per heavy atom. The summed E-state index contributed by atoms with van der Waals surface area (Å²) >= 11 is 0. The fraction of sp³-hybridized carbons (Fsp3) is 0.467. The van der Waals surface area contributed by atoms with Crippen LogP contribution in [0.5, 0.6) is 0 Å². The normalized spacial score (nSPS) is 16.0. The molecule has 0 spiro atoms. The van der Waals surface area contributed by atoms with Gasteiger partial charge in [-0.15, -0.1) is 0 Å². The van der Waals surface area contributed by atoms with E-state index in [0.717, 1.165) is 12.8 Å². The molecule has 4 nitrogen and oxygen atoms in total. The molecule has 0 aromatic heterocycles. The average Bonchev–Trinajstić information content (AvgIpc) is 2.48. The van der Waals surface area contributed by atoms with E-state index in [1.54, 1.807) is 0 Å². The number of carbonyl (C=O) groups excluding carboxylic acids is 2. The van der Waals surface area contributed by atoms with E-state index < -0.39 is 0 Å². The van der Waals surface area contributed by atoms with Gasteiger partial charge in [0.2, 0.25) is 5.91 Å². The highest BCUT2D eigenvalue weighted by Crippen LogP contribution is 2.12. The van der Waals surface area contributed by atoms with Crippen LogP contribution in [0.15, 0.2) is 24.3 Å². The van der Waals surface area contributed by atoms with Crippen molar-refractivity contribution in [2.45, 2.75) is 32.2 Å². The zero-order valence-corrected chi connectivity index (χ0v) is 11.6. The highest BCUT2D eigenvalue weighted by Gasteiger charge is 2.23. The molecule has 2 amide bonds. The van der Waals surface area contributed by atoms with E-state index in [9.17, 15) is 14.0 Å². The van der Waals surface area contributed by atoms with Crippen LogP contribution in [0.1, 0.15) is 36.5 Å². The summed E-state index contributed by atoms with van der Waals surface area (Å²) in [4.78, 5) is 25.4. The Kier molecular flexibility index (Phi) is 4.71. The monoisotopic (exact) mass is 278 g/mol. The fourth-order valence-corrected chi connectivity index (χ4v) is 2.37. The first-order valence-corrected chi connectivity index (χ1v) is 6.94. The smallest absolute Gasteiger partial charge is 0.251 e. The molecule has 20 heavy (non-hydrogen) atoms. The van der Waals surface area contributed by atoms with Gasteiger partial charge in [0.15, 0.2) is 0 Å². The minimum absolute atomic E-state index is 0.0773. The summed E-state index contributed by atoms with van der Waals surface area (Å²) in [5.74, 6) is -0.383. The summed E-state index contributed by atoms with van der Waals surface area (Å²) in [6.45, 7) is 3.22. The van der Waals surface area contributed by atoms with E-state index in [1.165, 1.54) is 24.3 Å². The number of nitrogens with zero attached hydrogens (tertiary/aromatic N) is 1. The second-order valence-corrected chi connectivity index (χ2v) is 4.99. The van der Waals surface area contributed by atoms with E-state index in [4.69, 9.17) is 0 Å². The van der Waals surface area contributed by atoms with Crippen LogP contribution in [-0.4, -0.2) is 35.8 Å². The first-order valence-electron chi connectivity index (χ1n) is 6.94. The van der Waals surface area contributed by atoms with Crippen molar-refractivity contribution in [1.29, 1.82) is 0 Å². The maximum atomic E-state index is 12.8. The molecular weight excluding hydrogens is 259 g/mol. The second kappa shape index (κ2) is 6.50. The summed E-state index contributed by atoms with van der Waals surface area (Å²) in [6, 6.07) is 5.57. The Morgan fingerprint density at radius 1 is 1.25 bits per heavy atom. The van der Waals surface area contributed by atoms with Crippen LogP contribution < -0.4 is 5.32 Å². The van der Waals surface area contributed by atoms with Crippen molar-refractivity contribution >= 4 is 11.8 Å². The van der Waals surface area contributed by atoms with E-state index >= 15 is 0 Å². The van der Waals surface area contributed by atoms with Crippen LogP contribution in [0, 0.1) is 5.82 Å². The van der Waals surface area contributed by atoms with Crippen molar-refractivity contribution in [1.82, 2.24) is 10.2 Å². The Bertz CT molecular complexity index is 479. The molecule has 0 bridgehead atoms. The molecule has 0 radical (unpaired) electrons. The molecule has 2 rings (SSSR count). The Hall–Kier alpha value is -1.91. The van der Waals surface area contributed by atoms with Crippen molar-refractivity contribution in [2.24, 2.45) is 0 Å². The first kappa shape index (κ1) is 14.5. The minimum atomic E-state index is -0.354. The van der Waals surface area contributed by atoms with Crippen LogP contribution in [0.3, 0.4) is 0 Å². The number of likely N-dealkylation sites (tertiary alicyclic amines) is 1. The SMILES string of the molecule is CCC(=O)N1CCC(NC(=O)c2ccc(F)cc2)CC1. The van der Waals surface area contributed by atoms with E-state index in [2.05, 4.69) is 5.32 Å². The Morgan fingerprint density at radius 3 is 2.40 bits per heavy atom. The van der Waals surface area contributed by atoms with Crippen molar-refractivity contribution < 1.29 is 14.0 Å². The third kappa shape index (κ3) is 3.56.